The number of carbonyl (C=O) groups is 1. The number of aliphatic hydroxyl groups is 1. The van der Waals surface area contributed by atoms with Gasteiger partial charge in [-0.2, -0.15) is 20.5 Å². The van der Waals surface area contributed by atoms with Crippen LogP contribution in [-0.2, 0) is 6.42 Å². The Kier molecular flexibility index (Phi) is 3.23. The van der Waals surface area contributed by atoms with E-state index in [-0.39, 0.29) is 17.5 Å². The van der Waals surface area contributed by atoms with E-state index in [1.165, 1.54) is 6.20 Å². The highest BCUT2D eigenvalue weighted by Gasteiger charge is 2.35. The summed E-state index contributed by atoms with van der Waals surface area (Å²) in [6.07, 6.45) is 1.50. The molecule has 0 bridgehead atoms. The molecule has 8 heteroatoms. The highest BCUT2D eigenvalue weighted by molar-refractivity contribution is 5.92. The van der Waals surface area contributed by atoms with E-state index in [0.717, 1.165) is 11.4 Å². The standard InChI is InChI=1S/C12H16N6O2/c1-7-2-9(15-14-7)3-8-5-18(6-11(8)19)12(20)10-4-13-17-16-10/h2,4,8,11,19H,3,5-6H2,1H3,(H,14,15)(H,13,16,17)/t8-,11-/m1/s1. The first-order valence-electron chi connectivity index (χ1n) is 6.47. The van der Waals surface area contributed by atoms with E-state index >= 15 is 0 Å². The lowest BCUT2D eigenvalue weighted by atomic mass is 10.0. The Morgan fingerprint density at radius 3 is 3.00 bits per heavy atom. The average molecular weight is 276 g/mol. The van der Waals surface area contributed by atoms with E-state index < -0.39 is 6.10 Å². The molecule has 8 nitrogen and oxygen atoms in total. The molecule has 20 heavy (non-hydrogen) atoms. The van der Waals surface area contributed by atoms with Crippen molar-refractivity contribution in [3.05, 3.63) is 29.3 Å². The molecule has 3 rings (SSSR count). The third-order valence-corrected chi connectivity index (χ3v) is 3.56. The number of β-amino-alcohol motifs (C(OH)–C–C–N with tert-alkyl or cyclic N) is 1. The topological polar surface area (TPSA) is 111 Å². The van der Waals surface area contributed by atoms with Crippen molar-refractivity contribution in [3.63, 3.8) is 0 Å². The number of aromatic amines is 2. The predicted octanol–water partition coefficient (Wildman–Crippen LogP) is -0.488. The number of rotatable bonds is 3. The van der Waals surface area contributed by atoms with E-state index in [2.05, 4.69) is 25.6 Å². The number of H-pyrrole nitrogens is 2. The smallest absolute Gasteiger partial charge is 0.276 e. The van der Waals surface area contributed by atoms with Crippen molar-refractivity contribution in [2.75, 3.05) is 13.1 Å². The Bertz CT molecular complexity index is 593. The minimum absolute atomic E-state index is 0.00597. The van der Waals surface area contributed by atoms with Crippen LogP contribution in [0.25, 0.3) is 0 Å². The normalized spacial score (nSPS) is 22.4. The zero-order chi connectivity index (χ0) is 14.1. The number of aliphatic hydroxyl groups excluding tert-OH is 1. The van der Waals surface area contributed by atoms with Crippen LogP contribution in [0.4, 0.5) is 0 Å². The number of hydrogen-bond donors (Lipinski definition) is 3. The molecular weight excluding hydrogens is 260 g/mol. The van der Waals surface area contributed by atoms with Crippen molar-refractivity contribution in [2.24, 2.45) is 5.92 Å². The summed E-state index contributed by atoms with van der Waals surface area (Å²) >= 11 is 0. The third kappa shape index (κ3) is 2.42. The SMILES string of the molecule is Cc1cc(C[C@@H]2CN(C(=O)c3cn[nH]n3)C[C@H]2O)n[nH]1. The van der Waals surface area contributed by atoms with Crippen molar-refractivity contribution in [1.29, 1.82) is 0 Å². The molecule has 0 radical (unpaired) electrons. The predicted molar refractivity (Wildman–Crippen MR) is 68.8 cm³/mol. The summed E-state index contributed by atoms with van der Waals surface area (Å²) < 4.78 is 0. The Morgan fingerprint density at radius 1 is 1.50 bits per heavy atom. The fourth-order valence-electron chi connectivity index (χ4n) is 2.53. The average Bonchev–Trinajstić information content (AvgIpc) is 3.12. The molecule has 106 valence electrons. The zero-order valence-corrected chi connectivity index (χ0v) is 11.1. The number of likely N-dealkylation sites (tertiary alicyclic amines) is 1. The second-order valence-electron chi connectivity index (χ2n) is 5.14. The molecule has 0 aromatic carbocycles. The van der Waals surface area contributed by atoms with Crippen molar-refractivity contribution >= 4 is 5.91 Å². The van der Waals surface area contributed by atoms with Gasteiger partial charge in [0, 0.05) is 24.7 Å². The van der Waals surface area contributed by atoms with E-state index in [1.807, 2.05) is 13.0 Å². The van der Waals surface area contributed by atoms with Crippen molar-refractivity contribution < 1.29 is 9.90 Å². The number of carbonyl (C=O) groups excluding carboxylic acids is 1. The third-order valence-electron chi connectivity index (χ3n) is 3.56. The number of nitrogens with one attached hydrogen (secondary N) is 2. The van der Waals surface area contributed by atoms with Crippen LogP contribution in [0.3, 0.4) is 0 Å². The fraction of sp³-hybridized carbons (Fsp3) is 0.500. The van der Waals surface area contributed by atoms with Crippen LogP contribution >= 0.6 is 0 Å². The Morgan fingerprint density at radius 2 is 2.35 bits per heavy atom. The summed E-state index contributed by atoms with van der Waals surface area (Å²) in [6.45, 7) is 2.75. The first-order valence-corrected chi connectivity index (χ1v) is 6.47. The molecular formula is C12H16N6O2. The summed E-state index contributed by atoms with van der Waals surface area (Å²) in [4.78, 5) is 13.7. The van der Waals surface area contributed by atoms with Crippen LogP contribution in [-0.4, -0.2) is 60.7 Å². The van der Waals surface area contributed by atoms with Crippen molar-refractivity contribution in [3.8, 4) is 0 Å². The molecule has 3 N–H and O–H groups in total. The van der Waals surface area contributed by atoms with Gasteiger partial charge in [0.25, 0.3) is 5.91 Å². The first-order chi connectivity index (χ1) is 9.63. The second kappa shape index (κ2) is 5.04. The largest absolute Gasteiger partial charge is 0.391 e. The van der Waals surface area contributed by atoms with Gasteiger partial charge in [-0.3, -0.25) is 9.89 Å². The number of hydrogen-bond acceptors (Lipinski definition) is 5. The fourth-order valence-corrected chi connectivity index (χ4v) is 2.53. The van der Waals surface area contributed by atoms with Gasteiger partial charge in [-0.15, -0.1) is 0 Å². The second-order valence-corrected chi connectivity index (χ2v) is 5.14. The van der Waals surface area contributed by atoms with Gasteiger partial charge in [-0.05, 0) is 19.4 Å². The lowest BCUT2D eigenvalue weighted by Gasteiger charge is -2.13. The zero-order valence-electron chi connectivity index (χ0n) is 11.1. The van der Waals surface area contributed by atoms with Crippen LogP contribution in [0.2, 0.25) is 0 Å². The Labute approximate surface area is 115 Å². The maximum atomic E-state index is 12.1. The molecule has 2 atom stereocenters. The highest BCUT2D eigenvalue weighted by atomic mass is 16.3. The van der Waals surface area contributed by atoms with Gasteiger partial charge in [-0.1, -0.05) is 0 Å². The number of amides is 1. The van der Waals surface area contributed by atoms with E-state index in [4.69, 9.17) is 0 Å². The quantitative estimate of drug-likeness (QED) is 0.700. The lowest BCUT2D eigenvalue weighted by molar-refractivity contribution is 0.0759. The van der Waals surface area contributed by atoms with Crippen LogP contribution < -0.4 is 0 Å². The van der Waals surface area contributed by atoms with E-state index in [1.54, 1.807) is 4.90 Å². The molecule has 1 amide bonds. The van der Waals surface area contributed by atoms with E-state index in [9.17, 15) is 9.90 Å². The van der Waals surface area contributed by atoms with Gasteiger partial charge in [0.1, 0.15) is 0 Å². The molecule has 0 saturated carbocycles. The van der Waals surface area contributed by atoms with Crippen LogP contribution in [0.15, 0.2) is 12.3 Å². The lowest BCUT2D eigenvalue weighted by Crippen LogP contribution is -2.29. The molecule has 3 heterocycles. The molecule has 1 fully saturated rings. The van der Waals surface area contributed by atoms with Crippen LogP contribution in [0.5, 0.6) is 0 Å². The molecule has 1 saturated heterocycles. The molecule has 2 aromatic heterocycles. The van der Waals surface area contributed by atoms with Gasteiger partial charge in [0.2, 0.25) is 0 Å². The van der Waals surface area contributed by atoms with Crippen molar-refractivity contribution in [2.45, 2.75) is 19.4 Å². The summed E-state index contributed by atoms with van der Waals surface area (Å²) in [5.74, 6) is -0.216. The molecule has 0 spiro atoms. The Hall–Kier alpha value is -2.22. The minimum atomic E-state index is -0.539. The molecule has 0 unspecified atom stereocenters. The van der Waals surface area contributed by atoms with Gasteiger partial charge in [-0.25, -0.2) is 0 Å². The number of aryl methyl sites for hydroxylation is 1. The number of nitrogens with zero attached hydrogens (tertiary/aromatic N) is 4. The maximum absolute atomic E-state index is 12.1. The maximum Gasteiger partial charge on any atom is 0.276 e. The summed E-state index contributed by atoms with van der Waals surface area (Å²) in [6, 6.07) is 1.95. The highest BCUT2D eigenvalue weighted by Crippen LogP contribution is 2.22. The van der Waals surface area contributed by atoms with Gasteiger partial charge in [0.15, 0.2) is 5.69 Å². The van der Waals surface area contributed by atoms with Crippen LogP contribution in [0, 0.1) is 12.8 Å². The van der Waals surface area contributed by atoms with Gasteiger partial charge >= 0.3 is 0 Å². The van der Waals surface area contributed by atoms with Gasteiger partial charge < -0.3 is 10.0 Å². The summed E-state index contributed by atoms with van der Waals surface area (Å²) in [5, 5.41) is 27.0. The van der Waals surface area contributed by atoms with Crippen LogP contribution in [0.1, 0.15) is 21.9 Å². The van der Waals surface area contributed by atoms with Crippen molar-refractivity contribution in [1.82, 2.24) is 30.5 Å². The monoisotopic (exact) mass is 276 g/mol. The first kappa shape index (κ1) is 12.8. The number of aromatic nitrogens is 5. The minimum Gasteiger partial charge on any atom is -0.391 e. The van der Waals surface area contributed by atoms with E-state index in [0.29, 0.717) is 19.5 Å². The summed E-state index contributed by atoms with van der Waals surface area (Å²) in [7, 11) is 0. The molecule has 1 aliphatic heterocycles. The Balaban J connectivity index is 1.66. The molecule has 2 aromatic rings. The molecule has 0 aliphatic carbocycles. The summed E-state index contributed by atoms with van der Waals surface area (Å²) in [5.41, 5.74) is 2.17. The van der Waals surface area contributed by atoms with Gasteiger partial charge in [0.05, 0.1) is 18.0 Å². The molecule has 1 aliphatic rings.